The van der Waals surface area contributed by atoms with E-state index < -0.39 is 48.4 Å². The molecule has 8 nitrogen and oxygen atoms in total. The molecule has 1 heterocycles. The molecule has 0 bridgehead atoms. The lowest BCUT2D eigenvalue weighted by atomic mass is 10.2. The van der Waals surface area contributed by atoms with E-state index in [9.17, 15) is 32.3 Å². The Hall–Kier alpha value is -2.76. The van der Waals surface area contributed by atoms with Crippen molar-refractivity contribution in [2.45, 2.75) is 22.7 Å². The van der Waals surface area contributed by atoms with E-state index in [1.807, 2.05) is 0 Å². The first-order valence-electron chi connectivity index (χ1n) is 7.50. The topological polar surface area (TPSA) is 114 Å². The number of anilines is 1. The van der Waals surface area contributed by atoms with Gasteiger partial charge in [0.05, 0.1) is 17.4 Å². The second kappa shape index (κ2) is 8.75. The number of benzene rings is 1. The minimum atomic E-state index is -4.62. The number of urea groups is 1. The Morgan fingerprint density at radius 1 is 1.22 bits per heavy atom. The third-order valence-corrected chi connectivity index (χ3v) is 4.40. The lowest BCUT2D eigenvalue weighted by Gasteiger charge is -2.23. The van der Waals surface area contributed by atoms with Crippen LogP contribution in [0.1, 0.15) is 6.42 Å². The van der Waals surface area contributed by atoms with Crippen LogP contribution in [0.2, 0.25) is 0 Å². The van der Waals surface area contributed by atoms with Crippen molar-refractivity contribution in [2.24, 2.45) is 0 Å². The van der Waals surface area contributed by atoms with E-state index in [2.05, 4.69) is 10.1 Å². The Labute approximate surface area is 155 Å². The molecule has 1 aromatic carbocycles. The van der Waals surface area contributed by atoms with Gasteiger partial charge >= 0.3 is 18.2 Å². The first-order chi connectivity index (χ1) is 12.6. The average molecular weight is 405 g/mol. The van der Waals surface area contributed by atoms with Crippen LogP contribution in [0, 0.1) is 0 Å². The van der Waals surface area contributed by atoms with Crippen LogP contribution in [0.25, 0.3) is 0 Å². The summed E-state index contributed by atoms with van der Waals surface area (Å²) in [6.45, 7) is -2.48. The maximum absolute atomic E-state index is 12.0. The van der Waals surface area contributed by atoms with E-state index in [4.69, 9.17) is 0 Å². The predicted molar refractivity (Wildman–Crippen MR) is 87.9 cm³/mol. The van der Waals surface area contributed by atoms with Gasteiger partial charge in [0.1, 0.15) is 6.54 Å². The standard InChI is InChI=1S/C15H14F3N3O5S/c16-15(17,18)7-19-14(25)21-11(22)6-26-12(23)5-10-13(24)20-8-3-1-2-4-9(8)27-10/h1-4,10H,5-7H2,(H,20,24)(H2,19,21,22,25). The molecule has 1 aliphatic rings. The van der Waals surface area contributed by atoms with Crippen LogP contribution >= 0.6 is 11.8 Å². The Kier molecular flexibility index (Phi) is 6.66. The highest BCUT2D eigenvalue weighted by atomic mass is 32.2. The number of hydrogen-bond acceptors (Lipinski definition) is 6. The Morgan fingerprint density at radius 3 is 2.63 bits per heavy atom. The SMILES string of the molecule is O=C(COC(=O)CC1Sc2ccccc2NC1=O)NC(=O)NCC(F)(F)F. The van der Waals surface area contributed by atoms with Gasteiger partial charge in [0.25, 0.3) is 5.91 Å². The quantitative estimate of drug-likeness (QED) is 0.639. The van der Waals surface area contributed by atoms with Crippen LogP contribution in [-0.2, 0) is 19.1 Å². The van der Waals surface area contributed by atoms with Crippen LogP contribution in [0.4, 0.5) is 23.7 Å². The van der Waals surface area contributed by atoms with Crippen molar-refractivity contribution < 1.29 is 37.1 Å². The normalized spacial score (nSPS) is 16.0. The maximum Gasteiger partial charge on any atom is 0.405 e. The third kappa shape index (κ3) is 6.81. The van der Waals surface area contributed by atoms with Crippen molar-refractivity contribution >= 4 is 41.3 Å². The van der Waals surface area contributed by atoms with Crippen LogP contribution in [0.5, 0.6) is 0 Å². The van der Waals surface area contributed by atoms with E-state index in [0.717, 1.165) is 16.7 Å². The molecule has 0 radical (unpaired) electrons. The first kappa shape index (κ1) is 20.6. The van der Waals surface area contributed by atoms with Crippen molar-refractivity contribution in [3.8, 4) is 0 Å². The Bertz CT molecular complexity index is 756. The molecule has 146 valence electrons. The zero-order valence-corrected chi connectivity index (χ0v) is 14.4. The fraction of sp³-hybridized carbons (Fsp3) is 0.333. The van der Waals surface area contributed by atoms with Gasteiger partial charge in [-0.3, -0.25) is 19.7 Å². The smallest absolute Gasteiger partial charge is 0.405 e. The number of ether oxygens (including phenoxy) is 1. The van der Waals surface area contributed by atoms with Gasteiger partial charge in [-0.2, -0.15) is 13.2 Å². The van der Waals surface area contributed by atoms with E-state index in [1.54, 1.807) is 29.6 Å². The predicted octanol–water partition coefficient (Wildman–Crippen LogP) is 1.42. The molecular formula is C15H14F3N3O5S. The molecule has 1 atom stereocenters. The lowest BCUT2D eigenvalue weighted by Crippen LogP contribution is -2.44. The number of carbonyl (C=O) groups excluding carboxylic acids is 4. The van der Waals surface area contributed by atoms with Gasteiger partial charge in [-0.25, -0.2) is 4.79 Å². The van der Waals surface area contributed by atoms with Gasteiger partial charge in [0, 0.05) is 4.90 Å². The summed E-state index contributed by atoms with van der Waals surface area (Å²) in [4.78, 5) is 47.0. The molecule has 0 spiro atoms. The molecule has 2 rings (SSSR count). The summed E-state index contributed by atoms with van der Waals surface area (Å²) in [5.41, 5.74) is 0.626. The first-order valence-corrected chi connectivity index (χ1v) is 8.38. The average Bonchev–Trinajstić information content (AvgIpc) is 2.58. The van der Waals surface area contributed by atoms with Gasteiger partial charge in [-0.1, -0.05) is 12.1 Å². The lowest BCUT2D eigenvalue weighted by molar-refractivity contribution is -0.148. The van der Waals surface area contributed by atoms with E-state index >= 15 is 0 Å². The number of nitrogens with one attached hydrogen (secondary N) is 3. The largest absolute Gasteiger partial charge is 0.456 e. The summed E-state index contributed by atoms with van der Waals surface area (Å²) in [6.07, 6.45) is -4.94. The molecule has 0 saturated carbocycles. The number of rotatable bonds is 5. The molecule has 1 unspecified atom stereocenters. The van der Waals surface area contributed by atoms with Crippen molar-refractivity contribution in [1.29, 1.82) is 0 Å². The number of para-hydroxylation sites is 1. The molecular weight excluding hydrogens is 391 g/mol. The number of carbonyl (C=O) groups is 4. The molecule has 0 aromatic heterocycles. The second-order valence-corrected chi connectivity index (χ2v) is 6.55. The summed E-state index contributed by atoms with van der Waals surface area (Å²) in [5, 5.41) is 4.89. The molecule has 1 aliphatic heterocycles. The number of alkyl halides is 3. The number of hydrogen-bond donors (Lipinski definition) is 3. The van der Waals surface area contributed by atoms with Crippen LogP contribution in [0.3, 0.4) is 0 Å². The maximum atomic E-state index is 12.0. The highest BCUT2D eigenvalue weighted by Crippen LogP contribution is 2.36. The summed E-state index contributed by atoms with van der Waals surface area (Å²) in [7, 11) is 0. The van der Waals surface area contributed by atoms with Gasteiger partial charge in [0.2, 0.25) is 5.91 Å². The fourth-order valence-electron chi connectivity index (χ4n) is 1.97. The summed E-state index contributed by atoms with van der Waals surface area (Å²) in [5.74, 6) is -2.37. The Morgan fingerprint density at radius 2 is 1.93 bits per heavy atom. The van der Waals surface area contributed by atoms with Gasteiger partial charge in [-0.05, 0) is 12.1 Å². The van der Waals surface area contributed by atoms with E-state index in [-0.39, 0.29) is 6.42 Å². The number of esters is 1. The summed E-state index contributed by atoms with van der Waals surface area (Å²) in [6, 6.07) is 5.63. The highest BCUT2D eigenvalue weighted by molar-refractivity contribution is 8.01. The third-order valence-electron chi connectivity index (χ3n) is 3.13. The van der Waals surface area contributed by atoms with Crippen molar-refractivity contribution in [3.05, 3.63) is 24.3 Å². The second-order valence-electron chi connectivity index (χ2n) is 5.30. The Balaban J connectivity index is 1.74. The van der Waals surface area contributed by atoms with Gasteiger partial charge in [-0.15, -0.1) is 11.8 Å². The van der Waals surface area contributed by atoms with Crippen LogP contribution < -0.4 is 16.0 Å². The molecule has 1 aromatic rings. The van der Waals surface area contributed by atoms with Crippen LogP contribution in [-0.4, -0.2) is 48.4 Å². The minimum absolute atomic E-state index is 0.321. The van der Waals surface area contributed by atoms with Gasteiger partial charge in [0.15, 0.2) is 6.61 Å². The van der Waals surface area contributed by atoms with Crippen molar-refractivity contribution in [1.82, 2.24) is 10.6 Å². The molecule has 0 aliphatic carbocycles. The number of thioether (sulfide) groups is 1. The molecule has 0 saturated heterocycles. The molecule has 4 amide bonds. The number of imide groups is 1. The molecule has 27 heavy (non-hydrogen) atoms. The van der Waals surface area contributed by atoms with Crippen LogP contribution in [0.15, 0.2) is 29.2 Å². The molecule has 12 heteroatoms. The zero-order chi connectivity index (χ0) is 20.0. The summed E-state index contributed by atoms with van der Waals surface area (Å²) >= 11 is 1.16. The zero-order valence-electron chi connectivity index (χ0n) is 13.6. The molecule has 0 fully saturated rings. The fourth-order valence-corrected chi connectivity index (χ4v) is 3.07. The monoisotopic (exact) mass is 405 g/mol. The van der Waals surface area contributed by atoms with Crippen molar-refractivity contribution in [2.75, 3.05) is 18.5 Å². The van der Waals surface area contributed by atoms with Gasteiger partial charge < -0.3 is 15.4 Å². The molecule has 3 N–H and O–H groups in total. The summed E-state index contributed by atoms with van der Waals surface area (Å²) < 4.78 is 40.4. The van der Waals surface area contributed by atoms with E-state index in [0.29, 0.717) is 5.69 Å². The minimum Gasteiger partial charge on any atom is -0.456 e. The van der Waals surface area contributed by atoms with E-state index in [1.165, 1.54) is 5.32 Å². The number of halogens is 3. The number of fused-ring (bicyclic) bond motifs is 1. The highest BCUT2D eigenvalue weighted by Gasteiger charge is 2.30. The number of amides is 4. The van der Waals surface area contributed by atoms with Crippen molar-refractivity contribution in [3.63, 3.8) is 0 Å².